The minimum atomic E-state index is -0.298. The number of nitrogens with one attached hydrogen (secondary N) is 2. The molecule has 0 radical (unpaired) electrons. The second kappa shape index (κ2) is 7.01. The van der Waals surface area contributed by atoms with E-state index in [0.29, 0.717) is 16.1 Å². The molecule has 2 rings (SSSR count). The summed E-state index contributed by atoms with van der Waals surface area (Å²) in [6, 6.07) is 9.11. The van der Waals surface area contributed by atoms with Crippen molar-refractivity contribution < 1.29 is 4.79 Å². The van der Waals surface area contributed by atoms with Gasteiger partial charge >= 0.3 is 0 Å². The van der Waals surface area contributed by atoms with Crippen LogP contribution < -0.4 is 10.6 Å². The van der Waals surface area contributed by atoms with Gasteiger partial charge < -0.3 is 5.32 Å². The molecule has 1 aromatic carbocycles. The maximum Gasteiger partial charge on any atom is 0.257 e. The van der Waals surface area contributed by atoms with Crippen LogP contribution in [0.25, 0.3) is 0 Å². The first-order valence-corrected chi connectivity index (χ1v) is 8.32. The summed E-state index contributed by atoms with van der Waals surface area (Å²) in [5, 5.41) is 15.5. The molecule has 1 amide bonds. The summed E-state index contributed by atoms with van der Waals surface area (Å²) in [6.07, 6.45) is 0. The minimum absolute atomic E-state index is 0.172. The highest BCUT2D eigenvalue weighted by molar-refractivity contribution is 9.10. The number of nitriles is 1. The van der Waals surface area contributed by atoms with E-state index in [9.17, 15) is 10.1 Å². The van der Waals surface area contributed by atoms with Crippen LogP contribution in [0, 0.1) is 25.2 Å². The van der Waals surface area contributed by atoms with Crippen LogP contribution in [0.2, 0.25) is 0 Å². The maximum absolute atomic E-state index is 12.1. The smallest absolute Gasteiger partial charge is 0.257 e. The van der Waals surface area contributed by atoms with Crippen molar-refractivity contribution in [2.75, 3.05) is 5.32 Å². The zero-order chi connectivity index (χ0) is 16.3. The van der Waals surface area contributed by atoms with E-state index in [1.165, 1.54) is 11.3 Å². The predicted molar refractivity (Wildman–Crippen MR) is 96.3 cm³/mol. The fourth-order valence-electron chi connectivity index (χ4n) is 1.76. The summed E-state index contributed by atoms with van der Waals surface area (Å²) in [7, 11) is 0. The third kappa shape index (κ3) is 3.71. The van der Waals surface area contributed by atoms with Crippen molar-refractivity contribution in [3.63, 3.8) is 0 Å². The maximum atomic E-state index is 12.1. The monoisotopic (exact) mass is 393 g/mol. The van der Waals surface area contributed by atoms with Gasteiger partial charge in [-0.2, -0.15) is 5.26 Å². The second-order valence-electron chi connectivity index (χ2n) is 4.51. The lowest BCUT2D eigenvalue weighted by atomic mass is 10.2. The molecule has 0 aliphatic rings. The normalized spacial score (nSPS) is 9.91. The summed E-state index contributed by atoms with van der Waals surface area (Å²) in [5.41, 5.74) is 1.99. The van der Waals surface area contributed by atoms with Gasteiger partial charge in [0.2, 0.25) is 0 Å². The molecular formula is C15H12BrN3OS2. The molecule has 0 bridgehead atoms. The fourth-order valence-corrected chi connectivity index (χ4v) is 3.30. The number of nitrogens with zero attached hydrogens (tertiary/aromatic N) is 1. The van der Waals surface area contributed by atoms with Gasteiger partial charge in [0, 0.05) is 14.9 Å². The molecule has 1 heterocycles. The first-order valence-electron chi connectivity index (χ1n) is 6.30. The van der Waals surface area contributed by atoms with Gasteiger partial charge in [0.25, 0.3) is 5.91 Å². The van der Waals surface area contributed by atoms with Crippen LogP contribution in [0.15, 0.2) is 28.7 Å². The number of aryl methyl sites for hydroxylation is 1. The Kier molecular flexibility index (Phi) is 5.29. The molecule has 0 aliphatic heterocycles. The van der Waals surface area contributed by atoms with Crippen LogP contribution >= 0.6 is 39.5 Å². The van der Waals surface area contributed by atoms with Crippen molar-refractivity contribution in [1.82, 2.24) is 5.32 Å². The topological polar surface area (TPSA) is 64.9 Å². The molecule has 4 nitrogen and oxygen atoms in total. The van der Waals surface area contributed by atoms with E-state index in [1.54, 1.807) is 24.3 Å². The van der Waals surface area contributed by atoms with Crippen LogP contribution in [0.3, 0.4) is 0 Å². The third-order valence-corrected chi connectivity index (χ3v) is 4.91. The van der Waals surface area contributed by atoms with Gasteiger partial charge in [-0.15, -0.1) is 11.3 Å². The van der Waals surface area contributed by atoms with Crippen molar-refractivity contribution in [1.29, 1.82) is 5.26 Å². The van der Waals surface area contributed by atoms with Gasteiger partial charge in [-0.25, -0.2) is 0 Å². The predicted octanol–water partition coefficient (Wildman–Crippen LogP) is 4.13. The minimum Gasteiger partial charge on any atom is -0.323 e. The number of anilines is 1. The number of hydrogen-bond acceptors (Lipinski definition) is 4. The Bertz CT molecular complexity index is 775. The van der Waals surface area contributed by atoms with E-state index < -0.39 is 0 Å². The summed E-state index contributed by atoms with van der Waals surface area (Å²) in [6.45, 7) is 3.83. The third-order valence-electron chi connectivity index (χ3n) is 3.06. The Morgan fingerprint density at radius 1 is 1.32 bits per heavy atom. The van der Waals surface area contributed by atoms with E-state index in [1.807, 2.05) is 13.8 Å². The Labute approximate surface area is 146 Å². The number of thiocarbonyl (C=S) groups is 1. The van der Waals surface area contributed by atoms with Crippen LogP contribution in [0.4, 0.5) is 5.00 Å². The average molecular weight is 394 g/mol. The molecule has 0 saturated carbocycles. The summed E-state index contributed by atoms with van der Waals surface area (Å²) in [4.78, 5) is 13.1. The highest BCUT2D eigenvalue weighted by atomic mass is 79.9. The molecular weight excluding hydrogens is 382 g/mol. The molecule has 22 heavy (non-hydrogen) atoms. The van der Waals surface area contributed by atoms with Crippen molar-refractivity contribution in [3.8, 4) is 6.07 Å². The molecule has 1 aromatic heterocycles. The Morgan fingerprint density at radius 3 is 2.55 bits per heavy atom. The summed E-state index contributed by atoms with van der Waals surface area (Å²) >= 11 is 9.90. The Morgan fingerprint density at radius 2 is 1.95 bits per heavy atom. The number of amides is 1. The van der Waals surface area contributed by atoms with Gasteiger partial charge in [0.1, 0.15) is 11.1 Å². The standard InChI is InChI=1S/C15H12BrN3OS2/c1-8-9(2)22-14(12(8)7-17)19-15(21)18-13(20)10-3-5-11(16)6-4-10/h3-6H,1-2H3,(H2,18,19,20,21). The fraction of sp³-hybridized carbons (Fsp3) is 0.133. The SMILES string of the molecule is Cc1sc(NC(=S)NC(=O)c2ccc(Br)cc2)c(C#N)c1C. The van der Waals surface area contributed by atoms with Crippen molar-refractivity contribution >= 4 is 55.5 Å². The molecule has 0 spiro atoms. The number of carbonyl (C=O) groups is 1. The highest BCUT2D eigenvalue weighted by Crippen LogP contribution is 2.31. The quantitative estimate of drug-likeness (QED) is 0.752. The van der Waals surface area contributed by atoms with E-state index in [-0.39, 0.29) is 11.0 Å². The van der Waals surface area contributed by atoms with Gasteiger partial charge in [-0.1, -0.05) is 15.9 Å². The lowest BCUT2D eigenvalue weighted by Crippen LogP contribution is -2.34. The number of hydrogen-bond donors (Lipinski definition) is 2. The van der Waals surface area contributed by atoms with E-state index >= 15 is 0 Å². The van der Waals surface area contributed by atoms with E-state index in [4.69, 9.17) is 12.2 Å². The molecule has 0 saturated heterocycles. The Hall–Kier alpha value is -1.75. The van der Waals surface area contributed by atoms with Crippen molar-refractivity contribution in [2.24, 2.45) is 0 Å². The number of carbonyl (C=O) groups excluding carboxylic acids is 1. The molecule has 2 N–H and O–H groups in total. The van der Waals surface area contributed by atoms with Gasteiger partial charge in [0.05, 0.1) is 5.56 Å². The first-order chi connectivity index (χ1) is 10.4. The van der Waals surface area contributed by atoms with Crippen molar-refractivity contribution in [2.45, 2.75) is 13.8 Å². The number of halogens is 1. The first kappa shape index (κ1) is 16.6. The molecule has 112 valence electrons. The molecule has 0 aliphatic carbocycles. The van der Waals surface area contributed by atoms with E-state index in [0.717, 1.165) is 14.9 Å². The zero-order valence-corrected chi connectivity index (χ0v) is 15.1. The van der Waals surface area contributed by atoms with Gasteiger partial charge in [-0.05, 0) is 55.9 Å². The highest BCUT2D eigenvalue weighted by Gasteiger charge is 2.14. The van der Waals surface area contributed by atoms with Crippen LogP contribution in [0.1, 0.15) is 26.4 Å². The molecule has 0 unspecified atom stereocenters. The summed E-state index contributed by atoms with van der Waals surface area (Å²) < 4.78 is 0.896. The van der Waals surface area contributed by atoms with Crippen LogP contribution in [-0.2, 0) is 0 Å². The summed E-state index contributed by atoms with van der Waals surface area (Å²) in [5.74, 6) is -0.298. The number of rotatable bonds is 2. The van der Waals surface area contributed by atoms with Crippen LogP contribution in [-0.4, -0.2) is 11.0 Å². The Balaban J connectivity index is 2.08. The van der Waals surface area contributed by atoms with Gasteiger partial charge in [0.15, 0.2) is 5.11 Å². The van der Waals surface area contributed by atoms with Crippen molar-refractivity contribution in [3.05, 3.63) is 50.3 Å². The molecule has 2 aromatic rings. The van der Waals surface area contributed by atoms with Crippen LogP contribution in [0.5, 0.6) is 0 Å². The van der Waals surface area contributed by atoms with E-state index in [2.05, 4.69) is 32.6 Å². The molecule has 0 fully saturated rings. The lowest BCUT2D eigenvalue weighted by Gasteiger charge is -2.08. The van der Waals surface area contributed by atoms with Gasteiger partial charge in [-0.3, -0.25) is 10.1 Å². The molecule has 7 heteroatoms. The number of thiophene rings is 1. The lowest BCUT2D eigenvalue weighted by molar-refractivity contribution is 0.0977. The largest absolute Gasteiger partial charge is 0.323 e. The zero-order valence-electron chi connectivity index (χ0n) is 11.9. The molecule has 0 atom stereocenters. The number of benzene rings is 1. The average Bonchev–Trinajstić information content (AvgIpc) is 2.73. The second-order valence-corrected chi connectivity index (χ2v) is 7.06.